The van der Waals surface area contributed by atoms with E-state index in [2.05, 4.69) is 25.6 Å². The Labute approximate surface area is 182 Å². The zero-order valence-electron chi connectivity index (χ0n) is 17.6. The van der Waals surface area contributed by atoms with E-state index < -0.39 is 40.2 Å². The van der Waals surface area contributed by atoms with E-state index in [-0.39, 0.29) is 18.2 Å². The molecule has 0 unspecified atom stereocenters. The number of aromatic nitrogens is 4. The lowest BCUT2D eigenvalue weighted by molar-refractivity contribution is 0.0895. The Hall–Kier alpha value is -4.15. The number of nitrogens with one attached hydrogen (secondary N) is 2. The van der Waals surface area contributed by atoms with Gasteiger partial charge in [0.15, 0.2) is 5.69 Å². The van der Waals surface area contributed by atoms with Gasteiger partial charge in [-0.05, 0) is 37.6 Å². The highest BCUT2D eigenvalue weighted by Gasteiger charge is 2.32. The van der Waals surface area contributed by atoms with Gasteiger partial charge in [0.05, 0.1) is 5.54 Å². The molecule has 0 aliphatic rings. The summed E-state index contributed by atoms with van der Waals surface area (Å²) in [4.78, 5) is 49.6. The van der Waals surface area contributed by atoms with Crippen LogP contribution in [0.15, 0.2) is 47.5 Å². The standard InChI is InChI=1S/C21H21FN6O4/c1-21(2,27-18(31)16-23-9-4-10-24-16)20-26-14(15(29)19(32)28(20)3)17(30)25-11-12-5-7-13(22)8-6-12/h4-10,29H,11H2,1-3H3,(H,25,30)(H,27,31). The van der Waals surface area contributed by atoms with Gasteiger partial charge in [0.1, 0.15) is 11.6 Å². The molecule has 32 heavy (non-hydrogen) atoms. The van der Waals surface area contributed by atoms with Crippen LogP contribution >= 0.6 is 0 Å². The minimum Gasteiger partial charge on any atom is -0.501 e. The zero-order valence-corrected chi connectivity index (χ0v) is 17.6. The number of amides is 2. The maximum Gasteiger partial charge on any atom is 0.296 e. The first-order valence-corrected chi connectivity index (χ1v) is 9.53. The second kappa shape index (κ2) is 8.92. The Morgan fingerprint density at radius 3 is 2.38 bits per heavy atom. The summed E-state index contributed by atoms with van der Waals surface area (Å²) in [5.74, 6) is -2.72. The first-order valence-electron chi connectivity index (χ1n) is 9.53. The molecule has 10 nitrogen and oxygen atoms in total. The number of carbonyl (C=O) groups excluding carboxylic acids is 2. The van der Waals surface area contributed by atoms with Crippen LogP contribution in [0.3, 0.4) is 0 Å². The lowest BCUT2D eigenvalue weighted by Gasteiger charge is -2.27. The molecule has 0 fully saturated rings. The number of benzene rings is 1. The third-order valence-corrected chi connectivity index (χ3v) is 4.60. The molecule has 0 saturated carbocycles. The predicted octanol–water partition coefficient (Wildman–Crippen LogP) is 1.01. The summed E-state index contributed by atoms with van der Waals surface area (Å²) in [5.41, 5.74) is -1.98. The van der Waals surface area contributed by atoms with Gasteiger partial charge in [0, 0.05) is 26.0 Å². The van der Waals surface area contributed by atoms with Gasteiger partial charge in [-0.1, -0.05) is 12.1 Å². The molecule has 0 saturated heterocycles. The molecule has 0 bridgehead atoms. The van der Waals surface area contributed by atoms with Crippen LogP contribution in [0.25, 0.3) is 0 Å². The third kappa shape index (κ3) is 4.77. The SMILES string of the molecule is Cn1c(C(C)(C)NC(=O)c2ncccn2)nc(C(=O)NCc2ccc(F)cc2)c(O)c1=O. The van der Waals surface area contributed by atoms with Crippen LogP contribution in [0.5, 0.6) is 5.75 Å². The summed E-state index contributed by atoms with van der Waals surface area (Å²) in [6.45, 7) is 3.18. The Morgan fingerprint density at radius 1 is 1.12 bits per heavy atom. The average Bonchev–Trinajstić information content (AvgIpc) is 2.77. The molecule has 2 amide bonds. The van der Waals surface area contributed by atoms with E-state index in [9.17, 15) is 23.9 Å². The van der Waals surface area contributed by atoms with E-state index in [4.69, 9.17) is 0 Å². The van der Waals surface area contributed by atoms with E-state index in [1.807, 2.05) is 0 Å². The van der Waals surface area contributed by atoms with Crippen LogP contribution in [0.4, 0.5) is 4.39 Å². The summed E-state index contributed by atoms with van der Waals surface area (Å²) in [7, 11) is 1.36. The molecule has 3 N–H and O–H groups in total. The fraction of sp³-hybridized carbons (Fsp3) is 0.238. The molecule has 3 aromatic rings. The van der Waals surface area contributed by atoms with Crippen molar-refractivity contribution in [3.05, 3.63) is 81.8 Å². The van der Waals surface area contributed by atoms with Gasteiger partial charge in [-0.3, -0.25) is 19.0 Å². The molecular weight excluding hydrogens is 419 g/mol. The van der Waals surface area contributed by atoms with Crippen molar-refractivity contribution in [1.82, 2.24) is 30.2 Å². The number of halogens is 1. The molecule has 0 atom stereocenters. The van der Waals surface area contributed by atoms with Gasteiger partial charge in [0.2, 0.25) is 11.6 Å². The third-order valence-electron chi connectivity index (χ3n) is 4.60. The lowest BCUT2D eigenvalue weighted by Crippen LogP contribution is -2.46. The smallest absolute Gasteiger partial charge is 0.296 e. The number of carbonyl (C=O) groups is 2. The van der Waals surface area contributed by atoms with Crippen LogP contribution in [0.1, 0.15) is 46.3 Å². The van der Waals surface area contributed by atoms with E-state index in [1.54, 1.807) is 19.9 Å². The molecule has 3 rings (SSSR count). The van der Waals surface area contributed by atoms with Crippen LogP contribution in [-0.2, 0) is 19.1 Å². The first-order chi connectivity index (χ1) is 15.1. The maximum atomic E-state index is 13.0. The number of rotatable bonds is 6. The largest absolute Gasteiger partial charge is 0.501 e. The second-order valence-corrected chi connectivity index (χ2v) is 7.46. The molecule has 11 heteroatoms. The summed E-state index contributed by atoms with van der Waals surface area (Å²) >= 11 is 0. The van der Waals surface area contributed by atoms with Crippen molar-refractivity contribution < 1.29 is 19.1 Å². The Morgan fingerprint density at radius 2 is 1.75 bits per heavy atom. The van der Waals surface area contributed by atoms with Crippen LogP contribution in [0, 0.1) is 5.82 Å². The molecule has 2 heterocycles. The topological polar surface area (TPSA) is 139 Å². The molecule has 0 aliphatic carbocycles. The monoisotopic (exact) mass is 440 g/mol. The molecular formula is C21H21FN6O4. The minimum absolute atomic E-state index is 0.0241. The van der Waals surface area contributed by atoms with Gasteiger partial charge in [-0.15, -0.1) is 0 Å². The highest BCUT2D eigenvalue weighted by molar-refractivity contribution is 5.94. The van der Waals surface area contributed by atoms with Gasteiger partial charge in [-0.2, -0.15) is 0 Å². The summed E-state index contributed by atoms with van der Waals surface area (Å²) in [5, 5.41) is 15.4. The van der Waals surface area contributed by atoms with Crippen molar-refractivity contribution in [3.63, 3.8) is 0 Å². The van der Waals surface area contributed by atoms with Crippen molar-refractivity contribution in [3.8, 4) is 5.75 Å². The first kappa shape index (κ1) is 22.5. The van der Waals surface area contributed by atoms with Crippen molar-refractivity contribution in [2.75, 3.05) is 0 Å². The molecule has 1 aromatic carbocycles. The summed E-state index contributed by atoms with van der Waals surface area (Å²) in [6.07, 6.45) is 2.82. The van der Waals surface area contributed by atoms with Crippen molar-refractivity contribution >= 4 is 11.8 Å². The van der Waals surface area contributed by atoms with Gasteiger partial charge >= 0.3 is 0 Å². The molecule has 2 aromatic heterocycles. The normalized spacial score (nSPS) is 11.1. The highest BCUT2D eigenvalue weighted by Crippen LogP contribution is 2.20. The van der Waals surface area contributed by atoms with Gasteiger partial charge < -0.3 is 15.7 Å². The molecule has 0 radical (unpaired) electrons. The van der Waals surface area contributed by atoms with E-state index >= 15 is 0 Å². The minimum atomic E-state index is -1.23. The fourth-order valence-electron chi connectivity index (χ4n) is 2.99. The van der Waals surface area contributed by atoms with Gasteiger partial charge in [-0.25, -0.2) is 19.3 Å². The number of aromatic hydroxyl groups is 1. The Balaban J connectivity index is 1.88. The zero-order chi connectivity index (χ0) is 23.5. The lowest BCUT2D eigenvalue weighted by atomic mass is 10.0. The van der Waals surface area contributed by atoms with E-state index in [0.717, 1.165) is 4.57 Å². The predicted molar refractivity (Wildman–Crippen MR) is 111 cm³/mol. The Bertz CT molecular complexity index is 1210. The summed E-state index contributed by atoms with van der Waals surface area (Å²) < 4.78 is 14.1. The quantitative estimate of drug-likeness (QED) is 0.520. The Kier molecular flexibility index (Phi) is 6.28. The number of nitrogens with zero attached hydrogens (tertiary/aromatic N) is 4. The molecule has 0 aliphatic heterocycles. The fourth-order valence-corrected chi connectivity index (χ4v) is 2.99. The van der Waals surface area contributed by atoms with E-state index in [1.165, 1.54) is 43.7 Å². The van der Waals surface area contributed by atoms with Crippen molar-refractivity contribution in [2.45, 2.75) is 25.9 Å². The molecule has 166 valence electrons. The van der Waals surface area contributed by atoms with Crippen LogP contribution in [0.2, 0.25) is 0 Å². The average molecular weight is 440 g/mol. The highest BCUT2D eigenvalue weighted by atomic mass is 19.1. The van der Waals surface area contributed by atoms with Crippen molar-refractivity contribution in [2.24, 2.45) is 7.05 Å². The maximum absolute atomic E-state index is 13.0. The number of hydrogen-bond donors (Lipinski definition) is 3. The summed E-state index contributed by atoms with van der Waals surface area (Å²) in [6, 6.07) is 7.03. The molecule has 0 spiro atoms. The second-order valence-electron chi connectivity index (χ2n) is 7.46. The number of hydrogen-bond acceptors (Lipinski definition) is 7. The van der Waals surface area contributed by atoms with E-state index in [0.29, 0.717) is 5.56 Å². The van der Waals surface area contributed by atoms with Gasteiger partial charge in [0.25, 0.3) is 17.4 Å². The van der Waals surface area contributed by atoms with Crippen molar-refractivity contribution in [1.29, 1.82) is 0 Å². The van der Waals surface area contributed by atoms with Crippen LogP contribution in [-0.4, -0.2) is 36.4 Å². The van der Waals surface area contributed by atoms with Crippen LogP contribution < -0.4 is 16.2 Å².